The van der Waals surface area contributed by atoms with Gasteiger partial charge in [-0.1, -0.05) is 135 Å². The number of benzene rings is 4. The number of carbonyl (C=O) groups excluding carboxylic acids is 6. The molecule has 6 atom stereocenters. The summed E-state index contributed by atoms with van der Waals surface area (Å²) in [5.41, 5.74) is 9.16. The summed E-state index contributed by atoms with van der Waals surface area (Å²) >= 11 is 0. The van der Waals surface area contributed by atoms with Crippen molar-refractivity contribution >= 4 is 47.4 Å². The van der Waals surface area contributed by atoms with Gasteiger partial charge < -0.3 is 47.8 Å². The Morgan fingerprint density at radius 1 is 0.462 bits per heavy atom. The zero-order valence-corrected chi connectivity index (χ0v) is 36.3. The molecule has 10 N–H and O–H groups in total. The molecule has 0 bridgehead atoms. The average Bonchev–Trinajstić information content (AvgIpc) is 3.28. The van der Waals surface area contributed by atoms with Crippen molar-refractivity contribution in [2.24, 2.45) is 11.7 Å². The second-order valence-electron chi connectivity index (χ2n) is 16.0. The number of carboxylic acids is 2. The highest BCUT2D eigenvalue weighted by molar-refractivity contribution is 5.97. The van der Waals surface area contributed by atoms with Crippen LogP contribution < -0.4 is 37.6 Å². The lowest BCUT2D eigenvalue weighted by Gasteiger charge is -2.28. The van der Waals surface area contributed by atoms with Crippen molar-refractivity contribution in [1.29, 1.82) is 0 Å². The Kier molecular flexibility index (Phi) is 19.8. The first-order valence-electron chi connectivity index (χ1n) is 21.2. The van der Waals surface area contributed by atoms with E-state index in [1.807, 2.05) is 50.2 Å². The molecule has 17 nitrogen and oxygen atoms in total. The first-order valence-corrected chi connectivity index (χ1v) is 21.2. The van der Waals surface area contributed by atoms with Crippen LogP contribution in [0.1, 0.15) is 48.9 Å². The molecule has 0 fully saturated rings. The van der Waals surface area contributed by atoms with Gasteiger partial charge in [-0.25, -0.2) is 4.79 Å². The maximum atomic E-state index is 14.3. The third-order valence-electron chi connectivity index (χ3n) is 10.2. The van der Waals surface area contributed by atoms with Gasteiger partial charge in [0.2, 0.25) is 35.4 Å². The summed E-state index contributed by atoms with van der Waals surface area (Å²) in [4.78, 5) is 105. The monoisotopic (exact) mass is 891 g/mol. The Morgan fingerprint density at radius 3 is 1.20 bits per heavy atom. The van der Waals surface area contributed by atoms with Crippen molar-refractivity contribution in [2.45, 2.75) is 88.6 Å². The fourth-order valence-corrected chi connectivity index (χ4v) is 6.85. The molecule has 344 valence electrons. The molecule has 17 heteroatoms. The molecular weight excluding hydrogens is 835 g/mol. The molecule has 0 aliphatic heterocycles. The third-order valence-corrected chi connectivity index (χ3v) is 10.2. The molecular formula is C48H57N7O10. The molecule has 6 amide bonds. The quantitative estimate of drug-likeness (QED) is 0.0459. The highest BCUT2D eigenvalue weighted by Gasteiger charge is 2.33. The third kappa shape index (κ3) is 17.7. The van der Waals surface area contributed by atoms with Gasteiger partial charge in [0, 0.05) is 19.3 Å². The lowest BCUT2D eigenvalue weighted by molar-refractivity contribution is -0.147. The Hall–Kier alpha value is -7.40. The number of nitrogens with two attached hydrogens (primary N) is 1. The fraction of sp³-hybridized carbons (Fsp3) is 0.333. The molecule has 0 radical (unpaired) electrons. The second kappa shape index (κ2) is 25.6. The minimum atomic E-state index is -1.75. The molecule has 0 aliphatic carbocycles. The van der Waals surface area contributed by atoms with Crippen LogP contribution >= 0.6 is 0 Å². The fourth-order valence-electron chi connectivity index (χ4n) is 6.85. The zero-order chi connectivity index (χ0) is 47.3. The summed E-state index contributed by atoms with van der Waals surface area (Å²) in [5, 5.41) is 33.9. The van der Waals surface area contributed by atoms with E-state index in [2.05, 4.69) is 31.9 Å². The molecule has 4 rings (SSSR count). The highest BCUT2D eigenvalue weighted by Crippen LogP contribution is 2.12. The maximum absolute atomic E-state index is 14.3. The largest absolute Gasteiger partial charge is 0.481 e. The van der Waals surface area contributed by atoms with Gasteiger partial charge >= 0.3 is 11.9 Å². The predicted octanol–water partition coefficient (Wildman–Crippen LogP) is 1.43. The molecule has 4 aromatic rings. The van der Waals surface area contributed by atoms with Crippen LogP contribution in [0.2, 0.25) is 0 Å². The average molecular weight is 892 g/mol. The standard InChI is InChI=1S/C48H57N7O10/c1-30(2)23-36(53-46(62)38(26-33-19-11-5-12-20-33)52-43(59)35(49)24-31-15-7-3-8-16-31)45(61)55-39(27-34-21-13-6-14-22-34)47(63)54-37(25-32-17-9-4-10-18-32)44(60)50-29-41(56)51-40(48(64)65)28-42(57)58/h3-22,30,35-40H,23-29,49H2,1-2H3,(H,50,60)(H,51,56)(H,52,59)(H,53,62)(H,54,63)(H,55,61)(H,57,58)(H,64,65)/t35-,36-,37-,38-,39-,40-/m0/s1. The van der Waals surface area contributed by atoms with Gasteiger partial charge in [-0.15, -0.1) is 0 Å². The van der Waals surface area contributed by atoms with Crippen LogP contribution in [0.5, 0.6) is 0 Å². The van der Waals surface area contributed by atoms with Gasteiger partial charge in [0.25, 0.3) is 0 Å². The number of carboxylic acid groups (broad SMARTS) is 2. The summed E-state index contributed by atoms with van der Waals surface area (Å²) in [5.74, 6) is -7.67. The van der Waals surface area contributed by atoms with Crippen molar-refractivity contribution in [3.8, 4) is 0 Å². The summed E-state index contributed by atoms with van der Waals surface area (Å²) in [6.07, 6.45) is -0.534. The number of aliphatic carboxylic acids is 2. The van der Waals surface area contributed by atoms with Crippen molar-refractivity contribution in [1.82, 2.24) is 31.9 Å². The SMILES string of the molecule is CC(C)C[C@H](NC(=O)[C@H](Cc1ccccc1)NC(=O)[C@@H](N)Cc1ccccc1)C(=O)N[C@@H](Cc1ccccc1)C(=O)N[C@@H](Cc1ccccc1)C(=O)NCC(=O)N[C@@H](CC(=O)O)C(=O)O. The number of hydrogen-bond donors (Lipinski definition) is 9. The lowest BCUT2D eigenvalue weighted by Crippen LogP contribution is -2.60. The molecule has 0 saturated carbocycles. The Bertz CT molecular complexity index is 2210. The first-order chi connectivity index (χ1) is 31.1. The van der Waals surface area contributed by atoms with Crippen LogP contribution in [0.3, 0.4) is 0 Å². The maximum Gasteiger partial charge on any atom is 0.326 e. The first kappa shape index (κ1) is 50.2. The van der Waals surface area contributed by atoms with Gasteiger partial charge in [-0.3, -0.25) is 33.6 Å². The van der Waals surface area contributed by atoms with E-state index in [0.29, 0.717) is 11.1 Å². The smallest absolute Gasteiger partial charge is 0.326 e. The minimum absolute atomic E-state index is 0.0328. The second-order valence-corrected chi connectivity index (χ2v) is 16.0. The van der Waals surface area contributed by atoms with Crippen molar-refractivity contribution in [3.63, 3.8) is 0 Å². The summed E-state index contributed by atoms with van der Waals surface area (Å²) in [6, 6.07) is 28.0. The number of rotatable bonds is 25. The Balaban J connectivity index is 1.56. The molecule has 0 aliphatic rings. The number of carbonyl (C=O) groups is 8. The molecule has 0 unspecified atom stereocenters. The minimum Gasteiger partial charge on any atom is -0.481 e. The van der Waals surface area contributed by atoms with E-state index in [1.54, 1.807) is 84.9 Å². The van der Waals surface area contributed by atoms with E-state index in [0.717, 1.165) is 11.1 Å². The zero-order valence-electron chi connectivity index (χ0n) is 36.3. The van der Waals surface area contributed by atoms with E-state index < -0.39 is 96.6 Å². The van der Waals surface area contributed by atoms with E-state index in [1.165, 1.54) is 0 Å². The molecule has 4 aromatic carbocycles. The molecule has 0 saturated heterocycles. The number of hydrogen-bond acceptors (Lipinski definition) is 9. The van der Waals surface area contributed by atoms with Crippen LogP contribution in [0.25, 0.3) is 0 Å². The summed E-state index contributed by atoms with van der Waals surface area (Å²) in [6.45, 7) is 2.97. The Morgan fingerprint density at radius 2 is 0.815 bits per heavy atom. The van der Waals surface area contributed by atoms with Crippen LogP contribution in [0.15, 0.2) is 121 Å². The molecule has 0 aromatic heterocycles. The van der Waals surface area contributed by atoms with E-state index in [9.17, 15) is 43.5 Å². The van der Waals surface area contributed by atoms with Gasteiger partial charge in [0.1, 0.15) is 30.2 Å². The summed E-state index contributed by atoms with van der Waals surface area (Å²) < 4.78 is 0. The van der Waals surface area contributed by atoms with Gasteiger partial charge in [-0.05, 0) is 41.0 Å². The summed E-state index contributed by atoms with van der Waals surface area (Å²) in [7, 11) is 0. The van der Waals surface area contributed by atoms with E-state index in [4.69, 9.17) is 10.8 Å². The van der Waals surface area contributed by atoms with Gasteiger partial charge in [0.15, 0.2) is 0 Å². The lowest BCUT2D eigenvalue weighted by atomic mass is 9.99. The Labute approximate surface area is 377 Å². The highest BCUT2D eigenvalue weighted by atomic mass is 16.4. The van der Waals surface area contributed by atoms with E-state index in [-0.39, 0.29) is 38.0 Å². The van der Waals surface area contributed by atoms with Gasteiger partial charge in [0.05, 0.1) is 19.0 Å². The van der Waals surface area contributed by atoms with Crippen molar-refractivity contribution in [2.75, 3.05) is 6.54 Å². The molecule has 65 heavy (non-hydrogen) atoms. The van der Waals surface area contributed by atoms with E-state index >= 15 is 0 Å². The number of nitrogens with one attached hydrogen (secondary N) is 6. The van der Waals surface area contributed by atoms with Crippen LogP contribution in [0.4, 0.5) is 0 Å². The van der Waals surface area contributed by atoms with Crippen LogP contribution in [-0.2, 0) is 64.0 Å². The predicted molar refractivity (Wildman–Crippen MR) is 241 cm³/mol. The van der Waals surface area contributed by atoms with Crippen molar-refractivity contribution < 1.29 is 48.6 Å². The van der Waals surface area contributed by atoms with Crippen LogP contribution in [-0.4, -0.2) is 100 Å². The van der Waals surface area contributed by atoms with Gasteiger partial charge in [-0.2, -0.15) is 0 Å². The molecule has 0 spiro atoms. The topological polar surface area (TPSA) is 275 Å². The van der Waals surface area contributed by atoms with Crippen LogP contribution in [0, 0.1) is 5.92 Å². The number of amides is 6. The van der Waals surface area contributed by atoms with Crippen molar-refractivity contribution in [3.05, 3.63) is 144 Å². The normalized spacial score (nSPS) is 13.7. The molecule has 0 heterocycles.